The molecule has 0 radical (unpaired) electrons. The molecule has 2 atom stereocenters. The molecule has 2 saturated heterocycles. The van der Waals surface area contributed by atoms with E-state index >= 15 is 0 Å². The number of piperidine rings is 2. The Morgan fingerprint density at radius 2 is 2.12 bits per heavy atom. The molecular weight excluding hydrogens is 330 g/mol. The molecule has 138 valence electrons. The topological polar surface area (TPSA) is 82.2 Å². The fourth-order valence-corrected chi connectivity index (χ4v) is 4.31. The molecule has 7 nitrogen and oxygen atoms in total. The first-order valence-corrected chi connectivity index (χ1v) is 9.56. The summed E-state index contributed by atoms with van der Waals surface area (Å²) in [6.45, 7) is 4.44. The van der Waals surface area contributed by atoms with Crippen molar-refractivity contribution in [3.8, 4) is 0 Å². The van der Waals surface area contributed by atoms with E-state index in [2.05, 4.69) is 27.2 Å². The lowest BCUT2D eigenvalue weighted by molar-refractivity contribution is -0.140. The lowest BCUT2D eigenvalue weighted by Gasteiger charge is -2.47. The van der Waals surface area contributed by atoms with E-state index in [1.54, 1.807) is 6.07 Å². The number of nitrogens with one attached hydrogen (secondary N) is 1. The van der Waals surface area contributed by atoms with Gasteiger partial charge in [-0.1, -0.05) is 13.3 Å². The zero-order valence-corrected chi connectivity index (χ0v) is 15.1. The van der Waals surface area contributed by atoms with Gasteiger partial charge >= 0.3 is 0 Å². The molecule has 2 aliphatic rings. The van der Waals surface area contributed by atoms with Crippen LogP contribution in [0.15, 0.2) is 18.2 Å². The molecule has 2 aromatic rings. The number of aromatic nitrogens is 3. The average Bonchev–Trinajstić information content (AvgIpc) is 3.14. The normalized spacial score (nSPS) is 23.3. The molecule has 1 aromatic carbocycles. The summed E-state index contributed by atoms with van der Waals surface area (Å²) in [5, 5.41) is 10.7. The van der Waals surface area contributed by atoms with E-state index in [1.807, 2.05) is 17.0 Å². The van der Waals surface area contributed by atoms with Crippen LogP contribution in [0.3, 0.4) is 0 Å². The highest BCUT2D eigenvalue weighted by Gasteiger charge is 2.40. The van der Waals surface area contributed by atoms with Gasteiger partial charge in [-0.2, -0.15) is 15.4 Å². The van der Waals surface area contributed by atoms with Crippen LogP contribution in [0.5, 0.6) is 0 Å². The SMILES string of the molecule is CCCCN1C(=O)CC[C@H]2CN(C(=O)c3ccc4n[nH]nc4c3)CC[C@H]21. The molecule has 7 heteroatoms. The van der Waals surface area contributed by atoms with E-state index < -0.39 is 0 Å². The molecule has 2 aliphatic heterocycles. The Balaban J connectivity index is 1.47. The highest BCUT2D eigenvalue weighted by molar-refractivity contribution is 5.97. The fourth-order valence-electron chi connectivity index (χ4n) is 4.31. The Labute approximate surface area is 152 Å². The molecular formula is C19H25N5O2. The summed E-state index contributed by atoms with van der Waals surface area (Å²) in [4.78, 5) is 29.3. The van der Waals surface area contributed by atoms with Crippen LogP contribution in [-0.4, -0.2) is 62.7 Å². The van der Waals surface area contributed by atoms with Gasteiger partial charge in [0.2, 0.25) is 5.91 Å². The first-order chi connectivity index (χ1) is 12.7. The predicted molar refractivity (Wildman–Crippen MR) is 97.5 cm³/mol. The number of amides is 2. The van der Waals surface area contributed by atoms with Crippen LogP contribution in [0.4, 0.5) is 0 Å². The third kappa shape index (κ3) is 3.06. The van der Waals surface area contributed by atoms with E-state index in [0.717, 1.165) is 44.3 Å². The molecule has 26 heavy (non-hydrogen) atoms. The van der Waals surface area contributed by atoms with E-state index in [-0.39, 0.29) is 11.8 Å². The van der Waals surface area contributed by atoms with Crippen molar-refractivity contribution >= 4 is 22.8 Å². The van der Waals surface area contributed by atoms with Crippen LogP contribution in [0.25, 0.3) is 11.0 Å². The van der Waals surface area contributed by atoms with Crippen molar-refractivity contribution in [3.05, 3.63) is 23.8 Å². The predicted octanol–water partition coefficient (Wildman–Crippen LogP) is 2.21. The second kappa shape index (κ2) is 7.05. The van der Waals surface area contributed by atoms with Crippen molar-refractivity contribution in [1.82, 2.24) is 25.2 Å². The maximum atomic E-state index is 12.9. The highest BCUT2D eigenvalue weighted by atomic mass is 16.2. The Hall–Kier alpha value is -2.44. The number of benzene rings is 1. The zero-order chi connectivity index (χ0) is 18.1. The van der Waals surface area contributed by atoms with Gasteiger partial charge in [0.05, 0.1) is 0 Å². The van der Waals surface area contributed by atoms with Gasteiger partial charge in [0, 0.05) is 37.7 Å². The number of unbranched alkanes of at least 4 members (excludes halogenated alkanes) is 1. The van der Waals surface area contributed by atoms with Crippen molar-refractivity contribution in [1.29, 1.82) is 0 Å². The second-order valence-electron chi connectivity index (χ2n) is 7.37. The van der Waals surface area contributed by atoms with Crippen molar-refractivity contribution in [2.75, 3.05) is 19.6 Å². The van der Waals surface area contributed by atoms with E-state index in [0.29, 0.717) is 36.0 Å². The van der Waals surface area contributed by atoms with Crippen LogP contribution < -0.4 is 0 Å². The number of carbonyl (C=O) groups excluding carboxylic acids is 2. The van der Waals surface area contributed by atoms with Crippen molar-refractivity contribution < 1.29 is 9.59 Å². The minimum absolute atomic E-state index is 0.0466. The summed E-state index contributed by atoms with van der Waals surface area (Å²) < 4.78 is 0. The van der Waals surface area contributed by atoms with Gasteiger partial charge in [-0.3, -0.25) is 9.59 Å². The van der Waals surface area contributed by atoms with Crippen LogP contribution in [0.2, 0.25) is 0 Å². The van der Waals surface area contributed by atoms with Crippen LogP contribution >= 0.6 is 0 Å². The van der Waals surface area contributed by atoms with Crippen molar-refractivity contribution in [3.63, 3.8) is 0 Å². The van der Waals surface area contributed by atoms with Gasteiger partial charge in [0.25, 0.3) is 5.91 Å². The maximum absolute atomic E-state index is 12.9. The Morgan fingerprint density at radius 3 is 2.96 bits per heavy atom. The van der Waals surface area contributed by atoms with Gasteiger partial charge < -0.3 is 9.80 Å². The second-order valence-corrected chi connectivity index (χ2v) is 7.37. The van der Waals surface area contributed by atoms with Gasteiger partial charge in [-0.15, -0.1) is 0 Å². The number of fused-ring (bicyclic) bond motifs is 2. The summed E-state index contributed by atoms with van der Waals surface area (Å²) in [6.07, 6.45) is 4.51. The van der Waals surface area contributed by atoms with Gasteiger partial charge in [-0.05, 0) is 43.4 Å². The van der Waals surface area contributed by atoms with E-state index in [1.165, 1.54) is 0 Å². The average molecular weight is 355 g/mol. The Morgan fingerprint density at radius 1 is 1.27 bits per heavy atom. The minimum Gasteiger partial charge on any atom is -0.339 e. The fraction of sp³-hybridized carbons (Fsp3) is 0.579. The molecule has 0 bridgehead atoms. The van der Waals surface area contributed by atoms with Crippen molar-refractivity contribution in [2.24, 2.45) is 5.92 Å². The maximum Gasteiger partial charge on any atom is 0.253 e. The number of rotatable bonds is 4. The molecule has 2 fully saturated rings. The third-order valence-corrected chi connectivity index (χ3v) is 5.75. The number of nitrogens with zero attached hydrogens (tertiary/aromatic N) is 4. The summed E-state index contributed by atoms with van der Waals surface area (Å²) in [5.74, 6) is 0.722. The van der Waals surface area contributed by atoms with Gasteiger partial charge in [0.15, 0.2) is 0 Å². The first kappa shape index (κ1) is 17.0. The van der Waals surface area contributed by atoms with Crippen LogP contribution in [0.1, 0.15) is 49.4 Å². The zero-order valence-electron chi connectivity index (χ0n) is 15.1. The summed E-state index contributed by atoms with van der Waals surface area (Å²) in [5.41, 5.74) is 2.12. The summed E-state index contributed by atoms with van der Waals surface area (Å²) in [6, 6.07) is 5.73. The number of likely N-dealkylation sites (tertiary alicyclic amines) is 2. The third-order valence-electron chi connectivity index (χ3n) is 5.75. The molecule has 0 saturated carbocycles. The Kier molecular flexibility index (Phi) is 4.61. The van der Waals surface area contributed by atoms with Crippen LogP contribution in [0, 0.1) is 5.92 Å². The smallest absolute Gasteiger partial charge is 0.253 e. The standard InChI is InChI=1S/C19H25N5O2/c1-2-3-9-24-17-8-10-23(12-14(17)5-7-18(24)25)19(26)13-4-6-15-16(11-13)21-22-20-15/h4,6,11,14,17H,2-3,5,7-10,12H2,1H3,(H,20,21,22)/t14-,17+/m0/s1. The van der Waals surface area contributed by atoms with Crippen molar-refractivity contribution in [2.45, 2.75) is 45.1 Å². The molecule has 1 N–H and O–H groups in total. The van der Waals surface area contributed by atoms with Gasteiger partial charge in [0.1, 0.15) is 11.0 Å². The number of H-pyrrole nitrogens is 1. The number of aromatic amines is 1. The summed E-state index contributed by atoms with van der Waals surface area (Å²) >= 11 is 0. The first-order valence-electron chi connectivity index (χ1n) is 9.56. The summed E-state index contributed by atoms with van der Waals surface area (Å²) in [7, 11) is 0. The van der Waals surface area contributed by atoms with Gasteiger partial charge in [-0.25, -0.2) is 0 Å². The molecule has 1 aromatic heterocycles. The molecule has 0 spiro atoms. The molecule has 2 amide bonds. The van der Waals surface area contributed by atoms with E-state index in [4.69, 9.17) is 0 Å². The molecule has 0 unspecified atom stereocenters. The van der Waals surface area contributed by atoms with Crippen LogP contribution in [-0.2, 0) is 4.79 Å². The minimum atomic E-state index is 0.0466. The number of hydrogen-bond donors (Lipinski definition) is 1. The monoisotopic (exact) mass is 355 g/mol. The lowest BCUT2D eigenvalue weighted by Crippen LogP contribution is -2.57. The molecule has 4 rings (SSSR count). The number of carbonyl (C=O) groups is 2. The molecule has 0 aliphatic carbocycles. The van der Waals surface area contributed by atoms with E-state index in [9.17, 15) is 9.59 Å². The molecule has 3 heterocycles. The Bertz CT molecular complexity index is 817. The lowest BCUT2D eigenvalue weighted by atomic mass is 9.83. The number of hydrogen-bond acceptors (Lipinski definition) is 4. The quantitative estimate of drug-likeness (QED) is 0.912. The highest BCUT2D eigenvalue weighted by Crippen LogP contribution is 2.32. The largest absolute Gasteiger partial charge is 0.339 e.